The minimum absolute atomic E-state index is 0.193. The maximum atomic E-state index is 11.6. The number of urea groups is 1. The first kappa shape index (κ1) is 13.0. The molecule has 0 radical (unpaired) electrons. The average molecular weight is 252 g/mol. The monoisotopic (exact) mass is 252 g/mol. The summed E-state index contributed by atoms with van der Waals surface area (Å²) in [4.78, 5) is 11.6. The van der Waals surface area contributed by atoms with Crippen molar-refractivity contribution in [1.29, 1.82) is 0 Å². The van der Waals surface area contributed by atoms with Crippen molar-refractivity contribution in [2.24, 2.45) is 0 Å². The lowest BCUT2D eigenvalue weighted by Crippen LogP contribution is -2.44. The Balaban J connectivity index is 1.68. The molecule has 1 saturated carbocycles. The average Bonchev–Trinajstić information content (AvgIpc) is 2.91. The molecule has 100 valence electrons. The number of aliphatic hydroxyl groups is 1. The normalized spacial score (nSPS) is 18.3. The van der Waals surface area contributed by atoms with Crippen LogP contribution in [0.1, 0.15) is 43.8 Å². The SMILES string of the molecule is O=C(NC[C@H](O)c1ccoc1)NC1CCCCC1. The zero-order valence-corrected chi connectivity index (χ0v) is 10.4. The standard InChI is InChI=1S/C13H20N2O3/c16-12(10-6-7-18-9-10)8-14-13(17)15-11-4-2-1-3-5-11/h6-7,9,11-12,16H,1-5,8H2,(H2,14,15,17)/t12-/m0/s1. The van der Waals surface area contributed by atoms with E-state index in [2.05, 4.69) is 10.6 Å². The molecule has 1 atom stereocenters. The summed E-state index contributed by atoms with van der Waals surface area (Å²) >= 11 is 0. The van der Waals surface area contributed by atoms with Crippen LogP contribution < -0.4 is 10.6 Å². The van der Waals surface area contributed by atoms with Crippen LogP contribution in [0.15, 0.2) is 23.0 Å². The van der Waals surface area contributed by atoms with E-state index in [-0.39, 0.29) is 18.6 Å². The largest absolute Gasteiger partial charge is 0.472 e. The summed E-state index contributed by atoms with van der Waals surface area (Å²) in [5, 5.41) is 15.4. The molecule has 1 aromatic heterocycles. The highest BCUT2D eigenvalue weighted by Gasteiger charge is 2.16. The van der Waals surface area contributed by atoms with Crippen LogP contribution in [-0.2, 0) is 0 Å². The van der Waals surface area contributed by atoms with Gasteiger partial charge in [0.15, 0.2) is 0 Å². The fourth-order valence-electron chi connectivity index (χ4n) is 2.26. The van der Waals surface area contributed by atoms with Gasteiger partial charge in [0.25, 0.3) is 0 Å². The number of furan rings is 1. The molecule has 0 aliphatic heterocycles. The molecule has 5 nitrogen and oxygen atoms in total. The van der Waals surface area contributed by atoms with Crippen molar-refractivity contribution >= 4 is 6.03 Å². The Morgan fingerprint density at radius 1 is 1.44 bits per heavy atom. The molecular formula is C13H20N2O3. The molecule has 0 unspecified atom stereocenters. The molecule has 3 N–H and O–H groups in total. The Morgan fingerprint density at radius 3 is 2.89 bits per heavy atom. The highest BCUT2D eigenvalue weighted by molar-refractivity contribution is 5.74. The van der Waals surface area contributed by atoms with E-state index in [0.29, 0.717) is 5.56 Å². The van der Waals surface area contributed by atoms with Crippen LogP contribution in [0.5, 0.6) is 0 Å². The van der Waals surface area contributed by atoms with Crippen LogP contribution in [0, 0.1) is 0 Å². The molecule has 1 aliphatic carbocycles. The van der Waals surface area contributed by atoms with E-state index < -0.39 is 6.10 Å². The van der Waals surface area contributed by atoms with Gasteiger partial charge in [-0.25, -0.2) is 4.79 Å². The van der Waals surface area contributed by atoms with E-state index in [1.807, 2.05) is 0 Å². The molecular weight excluding hydrogens is 232 g/mol. The van der Waals surface area contributed by atoms with E-state index in [9.17, 15) is 9.90 Å². The molecule has 2 amide bonds. The second kappa shape index (κ2) is 6.44. The van der Waals surface area contributed by atoms with Gasteiger partial charge >= 0.3 is 6.03 Å². The van der Waals surface area contributed by atoms with Crippen molar-refractivity contribution in [2.75, 3.05) is 6.54 Å². The van der Waals surface area contributed by atoms with Crippen LogP contribution in [0.25, 0.3) is 0 Å². The topological polar surface area (TPSA) is 74.5 Å². The van der Waals surface area contributed by atoms with Crippen molar-refractivity contribution in [1.82, 2.24) is 10.6 Å². The Kier molecular flexibility index (Phi) is 4.64. The third-order valence-corrected chi connectivity index (χ3v) is 3.32. The van der Waals surface area contributed by atoms with Gasteiger partial charge in [-0.15, -0.1) is 0 Å². The third kappa shape index (κ3) is 3.77. The van der Waals surface area contributed by atoms with E-state index in [0.717, 1.165) is 12.8 Å². The zero-order valence-electron chi connectivity index (χ0n) is 10.4. The summed E-state index contributed by atoms with van der Waals surface area (Å²) in [7, 11) is 0. The van der Waals surface area contributed by atoms with Crippen molar-refractivity contribution in [3.8, 4) is 0 Å². The van der Waals surface area contributed by atoms with Crippen LogP contribution in [0.3, 0.4) is 0 Å². The second-order valence-corrected chi connectivity index (χ2v) is 4.76. The van der Waals surface area contributed by atoms with Crippen LogP contribution >= 0.6 is 0 Å². The van der Waals surface area contributed by atoms with Crippen molar-refractivity contribution in [3.05, 3.63) is 24.2 Å². The van der Waals surface area contributed by atoms with Gasteiger partial charge in [-0.2, -0.15) is 0 Å². The maximum absolute atomic E-state index is 11.6. The Morgan fingerprint density at radius 2 is 2.22 bits per heavy atom. The fourth-order valence-corrected chi connectivity index (χ4v) is 2.26. The summed E-state index contributed by atoms with van der Waals surface area (Å²) in [6.07, 6.45) is 7.99. The van der Waals surface area contributed by atoms with Crippen molar-refractivity contribution < 1.29 is 14.3 Å². The Hall–Kier alpha value is -1.49. The van der Waals surface area contributed by atoms with Gasteiger partial charge in [0.2, 0.25) is 0 Å². The lowest BCUT2D eigenvalue weighted by atomic mass is 9.96. The van der Waals surface area contributed by atoms with E-state index in [4.69, 9.17) is 4.42 Å². The Bertz CT molecular complexity index is 358. The summed E-state index contributed by atoms with van der Waals surface area (Å²) in [5.74, 6) is 0. The zero-order chi connectivity index (χ0) is 12.8. The van der Waals surface area contributed by atoms with Crippen molar-refractivity contribution in [3.63, 3.8) is 0 Å². The number of hydrogen-bond acceptors (Lipinski definition) is 3. The van der Waals surface area contributed by atoms with E-state index >= 15 is 0 Å². The predicted molar refractivity (Wildman–Crippen MR) is 67.1 cm³/mol. The minimum Gasteiger partial charge on any atom is -0.472 e. The molecule has 1 heterocycles. The maximum Gasteiger partial charge on any atom is 0.315 e. The van der Waals surface area contributed by atoms with Crippen LogP contribution in [0.4, 0.5) is 4.79 Å². The summed E-state index contributed by atoms with van der Waals surface area (Å²) in [6, 6.07) is 1.76. The fraction of sp³-hybridized carbons (Fsp3) is 0.615. The first-order valence-electron chi connectivity index (χ1n) is 6.50. The van der Waals surface area contributed by atoms with Gasteiger partial charge in [-0.3, -0.25) is 0 Å². The van der Waals surface area contributed by atoms with Gasteiger partial charge in [-0.1, -0.05) is 19.3 Å². The molecule has 1 aliphatic rings. The first-order valence-corrected chi connectivity index (χ1v) is 6.50. The molecule has 5 heteroatoms. The van der Waals surface area contributed by atoms with E-state index in [1.165, 1.54) is 31.8 Å². The molecule has 0 spiro atoms. The van der Waals surface area contributed by atoms with Crippen LogP contribution in [-0.4, -0.2) is 23.7 Å². The molecule has 18 heavy (non-hydrogen) atoms. The van der Waals surface area contributed by atoms with Crippen molar-refractivity contribution in [2.45, 2.75) is 44.2 Å². The quantitative estimate of drug-likeness (QED) is 0.766. The highest BCUT2D eigenvalue weighted by Crippen LogP contribution is 2.17. The first-order chi connectivity index (χ1) is 8.75. The van der Waals surface area contributed by atoms with Gasteiger partial charge < -0.3 is 20.2 Å². The minimum atomic E-state index is -0.721. The predicted octanol–water partition coefficient (Wildman–Crippen LogP) is 1.94. The number of nitrogens with one attached hydrogen (secondary N) is 2. The second-order valence-electron chi connectivity index (χ2n) is 4.76. The molecule has 0 bridgehead atoms. The number of carbonyl (C=O) groups is 1. The molecule has 1 aromatic rings. The molecule has 0 saturated heterocycles. The Labute approximate surface area is 107 Å². The summed E-state index contributed by atoms with van der Waals surface area (Å²) in [5.41, 5.74) is 0.674. The lowest BCUT2D eigenvalue weighted by molar-refractivity contribution is 0.171. The lowest BCUT2D eigenvalue weighted by Gasteiger charge is -2.23. The van der Waals surface area contributed by atoms with Gasteiger partial charge in [0.1, 0.15) is 0 Å². The van der Waals surface area contributed by atoms with Gasteiger partial charge in [0, 0.05) is 18.2 Å². The summed E-state index contributed by atoms with van der Waals surface area (Å²) < 4.78 is 4.88. The van der Waals surface area contributed by atoms with Gasteiger partial charge in [0.05, 0.1) is 18.6 Å². The van der Waals surface area contributed by atoms with E-state index in [1.54, 1.807) is 6.07 Å². The van der Waals surface area contributed by atoms with Crippen LogP contribution in [0.2, 0.25) is 0 Å². The number of hydrogen-bond donors (Lipinski definition) is 3. The number of amides is 2. The highest BCUT2D eigenvalue weighted by atomic mass is 16.3. The molecule has 1 fully saturated rings. The molecule has 2 rings (SSSR count). The number of rotatable bonds is 4. The number of carbonyl (C=O) groups excluding carboxylic acids is 1. The smallest absolute Gasteiger partial charge is 0.315 e. The van der Waals surface area contributed by atoms with Gasteiger partial charge in [-0.05, 0) is 18.9 Å². The summed E-state index contributed by atoms with van der Waals surface area (Å²) in [6.45, 7) is 0.193. The molecule has 0 aromatic carbocycles. The number of aliphatic hydroxyl groups excluding tert-OH is 1. The third-order valence-electron chi connectivity index (χ3n) is 3.32.